The molecule has 0 aliphatic rings. The van der Waals surface area contributed by atoms with Crippen molar-refractivity contribution in [3.05, 3.63) is 39.6 Å². The van der Waals surface area contributed by atoms with Crippen molar-refractivity contribution in [2.75, 3.05) is 0 Å². The Kier molecular flexibility index (Phi) is 3.73. The van der Waals surface area contributed by atoms with Crippen LogP contribution in [0.15, 0.2) is 28.9 Å². The first-order chi connectivity index (χ1) is 8.49. The van der Waals surface area contributed by atoms with Crippen LogP contribution in [0.3, 0.4) is 0 Å². The summed E-state index contributed by atoms with van der Waals surface area (Å²) in [5.41, 5.74) is 1.35. The molecule has 0 radical (unpaired) electrons. The number of aliphatic carboxylic acids is 1. The highest BCUT2D eigenvalue weighted by Crippen LogP contribution is 2.27. The summed E-state index contributed by atoms with van der Waals surface area (Å²) in [4.78, 5) is 15.1. The van der Waals surface area contributed by atoms with E-state index in [0.29, 0.717) is 21.1 Å². The van der Waals surface area contributed by atoms with Crippen molar-refractivity contribution in [2.24, 2.45) is 7.05 Å². The number of carbonyl (C=O) groups is 1. The van der Waals surface area contributed by atoms with Crippen LogP contribution in [0.25, 0.3) is 11.4 Å². The molecule has 0 fully saturated rings. The molecule has 0 aliphatic carbocycles. The topological polar surface area (TPSA) is 55.1 Å². The van der Waals surface area contributed by atoms with Crippen LogP contribution in [0, 0.1) is 0 Å². The van der Waals surface area contributed by atoms with Crippen LogP contribution in [0.4, 0.5) is 0 Å². The van der Waals surface area contributed by atoms with E-state index < -0.39 is 5.97 Å². The highest BCUT2D eigenvalue weighted by molar-refractivity contribution is 9.10. The zero-order valence-corrected chi connectivity index (χ0v) is 11.9. The predicted octanol–water partition coefficient (Wildman–Crippen LogP) is 3.13. The van der Waals surface area contributed by atoms with Gasteiger partial charge in [0.15, 0.2) is 0 Å². The van der Waals surface area contributed by atoms with Crippen LogP contribution in [0.2, 0.25) is 5.02 Å². The summed E-state index contributed by atoms with van der Waals surface area (Å²) in [6.45, 7) is 0. The van der Waals surface area contributed by atoms with Gasteiger partial charge in [0.2, 0.25) is 0 Å². The van der Waals surface area contributed by atoms with E-state index >= 15 is 0 Å². The largest absolute Gasteiger partial charge is 0.481 e. The molecular weight excluding hydrogens is 320 g/mol. The van der Waals surface area contributed by atoms with Gasteiger partial charge in [-0.1, -0.05) is 23.7 Å². The average molecular weight is 330 g/mol. The maximum atomic E-state index is 10.7. The van der Waals surface area contributed by atoms with Crippen molar-refractivity contribution in [3.8, 4) is 11.4 Å². The van der Waals surface area contributed by atoms with Crippen molar-refractivity contribution < 1.29 is 9.90 Å². The van der Waals surface area contributed by atoms with E-state index in [-0.39, 0.29) is 6.42 Å². The molecule has 0 aliphatic heterocycles. The molecule has 1 N–H and O–H groups in total. The molecule has 0 amide bonds. The molecule has 1 aromatic heterocycles. The number of hydrogen-bond acceptors (Lipinski definition) is 2. The molecule has 94 valence electrons. The summed E-state index contributed by atoms with van der Waals surface area (Å²) in [6.07, 6.45) is -0.116. The Morgan fingerprint density at radius 1 is 1.56 bits per heavy atom. The number of imidazole rings is 1. The maximum Gasteiger partial charge on any atom is 0.309 e. The van der Waals surface area contributed by atoms with Crippen molar-refractivity contribution in [2.45, 2.75) is 6.42 Å². The Morgan fingerprint density at radius 3 is 2.89 bits per heavy atom. The van der Waals surface area contributed by atoms with E-state index in [4.69, 9.17) is 16.7 Å². The fourth-order valence-corrected chi connectivity index (χ4v) is 2.26. The first kappa shape index (κ1) is 13.1. The van der Waals surface area contributed by atoms with E-state index in [1.165, 1.54) is 0 Å². The van der Waals surface area contributed by atoms with Gasteiger partial charge in [0.05, 0.1) is 12.1 Å². The van der Waals surface area contributed by atoms with Gasteiger partial charge in [-0.2, -0.15) is 0 Å². The quantitative estimate of drug-likeness (QED) is 0.941. The van der Waals surface area contributed by atoms with Gasteiger partial charge in [0, 0.05) is 17.6 Å². The van der Waals surface area contributed by atoms with Gasteiger partial charge >= 0.3 is 5.97 Å². The number of carboxylic acids is 1. The van der Waals surface area contributed by atoms with Gasteiger partial charge in [-0.05, 0) is 28.1 Å². The van der Waals surface area contributed by atoms with Gasteiger partial charge in [-0.15, -0.1) is 0 Å². The number of carboxylic acid groups (broad SMARTS) is 1. The van der Waals surface area contributed by atoms with Gasteiger partial charge < -0.3 is 9.67 Å². The third-order valence-electron chi connectivity index (χ3n) is 2.49. The summed E-state index contributed by atoms with van der Waals surface area (Å²) >= 11 is 9.28. The third kappa shape index (κ3) is 2.57. The number of nitrogens with zero attached hydrogens (tertiary/aromatic N) is 2. The van der Waals surface area contributed by atoms with Crippen molar-refractivity contribution >= 4 is 33.5 Å². The second-order valence-corrected chi connectivity index (χ2v) is 5.00. The Balaban J connectivity index is 2.49. The first-order valence-corrected chi connectivity index (χ1v) is 6.35. The lowest BCUT2D eigenvalue weighted by molar-refractivity contribution is -0.136. The van der Waals surface area contributed by atoms with E-state index in [2.05, 4.69) is 20.9 Å². The molecule has 0 unspecified atom stereocenters. The minimum Gasteiger partial charge on any atom is -0.481 e. The molecule has 0 spiro atoms. The van der Waals surface area contributed by atoms with Gasteiger partial charge in [0.1, 0.15) is 10.4 Å². The number of aromatic nitrogens is 2. The highest BCUT2D eigenvalue weighted by Gasteiger charge is 2.16. The first-order valence-electron chi connectivity index (χ1n) is 5.18. The maximum absolute atomic E-state index is 10.7. The molecule has 6 heteroatoms. The third-order valence-corrected chi connectivity index (χ3v) is 3.72. The lowest BCUT2D eigenvalue weighted by Crippen LogP contribution is -2.01. The fourth-order valence-electron chi connectivity index (χ4n) is 1.68. The van der Waals surface area contributed by atoms with Crippen LogP contribution >= 0.6 is 27.5 Å². The Hall–Kier alpha value is -1.33. The lowest BCUT2D eigenvalue weighted by atomic mass is 10.2. The van der Waals surface area contributed by atoms with Crippen molar-refractivity contribution in [3.63, 3.8) is 0 Å². The Bertz CT molecular complexity index is 610. The molecule has 0 saturated heterocycles. The highest BCUT2D eigenvalue weighted by atomic mass is 79.9. The van der Waals surface area contributed by atoms with E-state index in [0.717, 1.165) is 5.56 Å². The minimum absolute atomic E-state index is 0.116. The van der Waals surface area contributed by atoms with Crippen LogP contribution in [-0.4, -0.2) is 20.6 Å². The molecule has 0 bridgehead atoms. The molecule has 4 nitrogen and oxygen atoms in total. The van der Waals surface area contributed by atoms with E-state index in [1.807, 2.05) is 19.2 Å². The standard InChI is InChI=1S/C12H10BrClN2O2/c1-16-11(13)9(6-10(17)18)15-12(16)7-3-2-4-8(14)5-7/h2-5H,6H2,1H3,(H,17,18). The second kappa shape index (κ2) is 5.12. The Morgan fingerprint density at radius 2 is 2.28 bits per heavy atom. The molecule has 0 saturated carbocycles. The molecule has 2 aromatic rings. The van der Waals surface area contributed by atoms with Crippen molar-refractivity contribution in [1.82, 2.24) is 9.55 Å². The van der Waals surface area contributed by atoms with Gasteiger partial charge in [-0.25, -0.2) is 4.98 Å². The number of benzene rings is 1. The van der Waals surface area contributed by atoms with Crippen LogP contribution in [0.5, 0.6) is 0 Å². The van der Waals surface area contributed by atoms with E-state index in [1.54, 1.807) is 16.7 Å². The number of rotatable bonds is 3. The van der Waals surface area contributed by atoms with Crippen LogP contribution in [0.1, 0.15) is 5.69 Å². The molecule has 18 heavy (non-hydrogen) atoms. The normalized spacial score (nSPS) is 10.6. The Labute approximate surface area is 117 Å². The summed E-state index contributed by atoms with van der Waals surface area (Å²) in [5, 5.41) is 9.43. The lowest BCUT2D eigenvalue weighted by Gasteiger charge is -2.02. The zero-order chi connectivity index (χ0) is 13.3. The summed E-state index contributed by atoms with van der Waals surface area (Å²) in [7, 11) is 1.82. The molecular formula is C12H10BrClN2O2. The molecule has 1 aromatic carbocycles. The van der Waals surface area contributed by atoms with Crippen LogP contribution < -0.4 is 0 Å². The minimum atomic E-state index is -0.911. The van der Waals surface area contributed by atoms with E-state index in [9.17, 15) is 4.79 Å². The summed E-state index contributed by atoms with van der Waals surface area (Å²) in [5.74, 6) is -0.230. The predicted molar refractivity (Wildman–Crippen MR) is 72.7 cm³/mol. The molecule has 1 heterocycles. The molecule has 2 rings (SSSR count). The number of hydrogen-bond donors (Lipinski definition) is 1. The zero-order valence-electron chi connectivity index (χ0n) is 9.52. The summed E-state index contributed by atoms with van der Waals surface area (Å²) < 4.78 is 2.46. The van der Waals surface area contributed by atoms with Gasteiger partial charge in [0.25, 0.3) is 0 Å². The second-order valence-electron chi connectivity index (χ2n) is 3.81. The van der Waals surface area contributed by atoms with Crippen molar-refractivity contribution in [1.29, 1.82) is 0 Å². The number of halogens is 2. The fraction of sp³-hybridized carbons (Fsp3) is 0.167. The average Bonchev–Trinajstić information content (AvgIpc) is 2.57. The van der Waals surface area contributed by atoms with Crippen LogP contribution in [-0.2, 0) is 18.3 Å². The van der Waals surface area contributed by atoms with Gasteiger partial charge in [-0.3, -0.25) is 4.79 Å². The SMILES string of the molecule is Cn1c(-c2cccc(Cl)c2)nc(CC(=O)O)c1Br. The monoisotopic (exact) mass is 328 g/mol. The summed E-state index contributed by atoms with van der Waals surface area (Å²) in [6, 6.07) is 7.28. The smallest absolute Gasteiger partial charge is 0.309 e. The molecule has 0 atom stereocenters.